The Balaban J connectivity index is 2.14. The number of nitrogen functional groups attached to an aromatic ring is 1. The molecule has 1 aliphatic rings. The minimum Gasteiger partial charge on any atom is -0.398 e. The van der Waals surface area contributed by atoms with Crippen LogP contribution in [0.3, 0.4) is 0 Å². The van der Waals surface area contributed by atoms with Crippen LogP contribution in [0, 0.1) is 13.8 Å². The summed E-state index contributed by atoms with van der Waals surface area (Å²) in [7, 11) is -3.53. The van der Waals surface area contributed by atoms with E-state index in [1.165, 1.54) is 0 Å². The molecule has 0 aromatic heterocycles. The van der Waals surface area contributed by atoms with Gasteiger partial charge in [-0.05, 0) is 50.8 Å². The highest BCUT2D eigenvalue weighted by molar-refractivity contribution is 7.89. The topological polar surface area (TPSA) is 81.4 Å². The van der Waals surface area contributed by atoms with Crippen LogP contribution in [0.5, 0.6) is 0 Å². The molecule has 0 atom stereocenters. The molecule has 1 aliphatic carbocycles. The molecule has 0 unspecified atom stereocenters. The highest BCUT2D eigenvalue weighted by Gasteiger charge is 2.34. The Morgan fingerprint density at radius 1 is 1.35 bits per heavy atom. The van der Waals surface area contributed by atoms with E-state index in [4.69, 9.17) is 10.5 Å². The van der Waals surface area contributed by atoms with Crippen LogP contribution in [-0.4, -0.2) is 27.2 Å². The molecule has 1 saturated carbocycles. The van der Waals surface area contributed by atoms with Crippen molar-refractivity contribution in [3.63, 3.8) is 0 Å². The SMILES string of the molecule is CCOC1CC(NS(=O)(=O)c2c(C)ccc(N)c2C)C1. The number of rotatable bonds is 5. The lowest BCUT2D eigenvalue weighted by Gasteiger charge is -2.35. The van der Waals surface area contributed by atoms with E-state index in [9.17, 15) is 8.42 Å². The molecule has 1 aromatic rings. The van der Waals surface area contributed by atoms with E-state index in [1.54, 1.807) is 26.0 Å². The summed E-state index contributed by atoms with van der Waals surface area (Å²) in [4.78, 5) is 0.303. The normalized spacial score (nSPS) is 22.6. The van der Waals surface area contributed by atoms with Crippen LogP contribution in [-0.2, 0) is 14.8 Å². The summed E-state index contributed by atoms with van der Waals surface area (Å²) >= 11 is 0. The first-order valence-corrected chi connectivity index (χ1v) is 8.33. The zero-order chi connectivity index (χ0) is 14.9. The molecule has 5 nitrogen and oxygen atoms in total. The van der Waals surface area contributed by atoms with Gasteiger partial charge in [-0.2, -0.15) is 0 Å². The van der Waals surface area contributed by atoms with Gasteiger partial charge in [0.1, 0.15) is 0 Å². The van der Waals surface area contributed by atoms with Crippen molar-refractivity contribution in [3.8, 4) is 0 Å². The molecule has 0 radical (unpaired) electrons. The fourth-order valence-corrected chi connectivity index (χ4v) is 4.33. The van der Waals surface area contributed by atoms with Crippen LogP contribution in [0.4, 0.5) is 5.69 Å². The van der Waals surface area contributed by atoms with Crippen LogP contribution in [0.25, 0.3) is 0 Å². The molecule has 0 spiro atoms. The van der Waals surface area contributed by atoms with Gasteiger partial charge in [0.25, 0.3) is 0 Å². The number of nitrogens with one attached hydrogen (secondary N) is 1. The Morgan fingerprint density at radius 3 is 2.60 bits per heavy atom. The third-order valence-corrected chi connectivity index (χ3v) is 5.54. The van der Waals surface area contributed by atoms with Gasteiger partial charge in [-0.3, -0.25) is 0 Å². The van der Waals surface area contributed by atoms with Crippen molar-refractivity contribution in [1.82, 2.24) is 4.72 Å². The molecule has 1 aromatic carbocycles. The van der Waals surface area contributed by atoms with Gasteiger partial charge in [-0.25, -0.2) is 13.1 Å². The molecule has 0 amide bonds. The fourth-order valence-electron chi connectivity index (χ4n) is 2.57. The molecule has 20 heavy (non-hydrogen) atoms. The molecule has 0 saturated heterocycles. The van der Waals surface area contributed by atoms with E-state index >= 15 is 0 Å². The molecule has 2 rings (SSSR count). The van der Waals surface area contributed by atoms with Gasteiger partial charge >= 0.3 is 0 Å². The second kappa shape index (κ2) is 5.71. The second-order valence-electron chi connectivity index (χ2n) is 5.29. The summed E-state index contributed by atoms with van der Waals surface area (Å²) in [6.07, 6.45) is 1.64. The van der Waals surface area contributed by atoms with Crippen molar-refractivity contribution in [3.05, 3.63) is 23.3 Å². The van der Waals surface area contributed by atoms with E-state index < -0.39 is 10.0 Å². The van der Waals surface area contributed by atoms with E-state index in [-0.39, 0.29) is 12.1 Å². The summed E-state index contributed by atoms with van der Waals surface area (Å²) in [5.74, 6) is 0. The highest BCUT2D eigenvalue weighted by Crippen LogP contribution is 2.28. The van der Waals surface area contributed by atoms with Gasteiger partial charge in [0.05, 0.1) is 11.0 Å². The summed E-state index contributed by atoms with van der Waals surface area (Å²) in [6.45, 7) is 6.12. The smallest absolute Gasteiger partial charge is 0.241 e. The van der Waals surface area contributed by atoms with Crippen LogP contribution in [0.1, 0.15) is 30.9 Å². The third kappa shape index (κ3) is 2.97. The molecule has 6 heteroatoms. The van der Waals surface area contributed by atoms with Crippen molar-refractivity contribution in [2.24, 2.45) is 0 Å². The maximum atomic E-state index is 12.5. The van der Waals surface area contributed by atoms with Gasteiger partial charge in [-0.15, -0.1) is 0 Å². The van der Waals surface area contributed by atoms with E-state index in [0.717, 1.165) is 12.8 Å². The van der Waals surface area contributed by atoms with E-state index in [2.05, 4.69) is 4.72 Å². The van der Waals surface area contributed by atoms with Crippen molar-refractivity contribution < 1.29 is 13.2 Å². The monoisotopic (exact) mass is 298 g/mol. The number of anilines is 1. The number of benzene rings is 1. The van der Waals surface area contributed by atoms with E-state index in [0.29, 0.717) is 28.3 Å². The number of hydrogen-bond donors (Lipinski definition) is 2. The van der Waals surface area contributed by atoms with Gasteiger partial charge in [0.2, 0.25) is 10.0 Å². The number of sulfonamides is 1. The largest absolute Gasteiger partial charge is 0.398 e. The van der Waals surface area contributed by atoms with Crippen LogP contribution in [0.2, 0.25) is 0 Å². The predicted octanol–water partition coefficient (Wildman–Crippen LogP) is 1.73. The first-order chi connectivity index (χ1) is 9.35. The van der Waals surface area contributed by atoms with Crippen molar-refractivity contribution in [2.45, 2.75) is 50.7 Å². The zero-order valence-corrected chi connectivity index (χ0v) is 13.0. The van der Waals surface area contributed by atoms with Gasteiger partial charge in [0, 0.05) is 18.3 Å². The highest BCUT2D eigenvalue weighted by atomic mass is 32.2. The van der Waals surface area contributed by atoms with Gasteiger partial charge < -0.3 is 10.5 Å². The summed E-state index contributed by atoms with van der Waals surface area (Å²) < 4.78 is 33.2. The molecular formula is C14H22N2O3S. The molecule has 3 N–H and O–H groups in total. The lowest BCUT2D eigenvalue weighted by molar-refractivity contribution is -0.00476. The molecular weight excluding hydrogens is 276 g/mol. The number of aryl methyl sites for hydroxylation is 1. The first-order valence-electron chi connectivity index (χ1n) is 6.84. The Morgan fingerprint density at radius 2 is 2.00 bits per heavy atom. The Labute approximate surface area is 120 Å². The molecule has 0 aliphatic heterocycles. The quantitative estimate of drug-likeness (QED) is 0.811. The summed E-state index contributed by atoms with van der Waals surface area (Å²) in [5.41, 5.74) is 7.63. The summed E-state index contributed by atoms with van der Waals surface area (Å²) in [5, 5.41) is 0. The average molecular weight is 298 g/mol. The van der Waals surface area contributed by atoms with Crippen molar-refractivity contribution >= 4 is 15.7 Å². The molecule has 112 valence electrons. The number of hydrogen-bond acceptors (Lipinski definition) is 4. The maximum absolute atomic E-state index is 12.5. The standard InChI is InChI=1S/C14H22N2O3S/c1-4-19-12-7-11(8-12)16-20(17,18)14-9(2)5-6-13(15)10(14)3/h5-6,11-12,16H,4,7-8,15H2,1-3H3. The number of nitrogens with two attached hydrogens (primary N) is 1. The van der Waals surface area contributed by atoms with Crippen molar-refractivity contribution in [1.29, 1.82) is 0 Å². The second-order valence-corrected chi connectivity index (χ2v) is 6.94. The molecule has 1 fully saturated rings. The zero-order valence-electron chi connectivity index (χ0n) is 12.1. The van der Waals surface area contributed by atoms with Crippen LogP contribution >= 0.6 is 0 Å². The first kappa shape index (κ1) is 15.3. The summed E-state index contributed by atoms with van der Waals surface area (Å²) in [6, 6.07) is 3.43. The average Bonchev–Trinajstić information content (AvgIpc) is 2.31. The number of ether oxygens (including phenoxy) is 1. The van der Waals surface area contributed by atoms with E-state index in [1.807, 2.05) is 6.92 Å². The minimum atomic E-state index is -3.53. The Bertz CT molecular complexity index is 593. The van der Waals surface area contributed by atoms with Crippen molar-refractivity contribution in [2.75, 3.05) is 12.3 Å². The lowest BCUT2D eigenvalue weighted by Crippen LogP contribution is -2.47. The van der Waals surface area contributed by atoms with Crippen LogP contribution in [0.15, 0.2) is 17.0 Å². The Kier molecular flexibility index (Phi) is 4.36. The van der Waals surface area contributed by atoms with Gasteiger partial charge in [0.15, 0.2) is 0 Å². The maximum Gasteiger partial charge on any atom is 0.241 e. The molecule has 0 bridgehead atoms. The third-order valence-electron chi connectivity index (χ3n) is 3.73. The van der Waals surface area contributed by atoms with Crippen LogP contribution < -0.4 is 10.5 Å². The minimum absolute atomic E-state index is 0.0446. The molecule has 0 heterocycles. The lowest BCUT2D eigenvalue weighted by atomic mass is 9.90. The predicted molar refractivity (Wildman–Crippen MR) is 79.1 cm³/mol. The fraction of sp³-hybridized carbons (Fsp3) is 0.571. The Hall–Kier alpha value is -1.11. The van der Waals surface area contributed by atoms with Gasteiger partial charge in [-0.1, -0.05) is 6.07 Å².